The van der Waals surface area contributed by atoms with Crippen molar-refractivity contribution in [2.24, 2.45) is 0 Å². The first kappa shape index (κ1) is 16.3. The molecule has 9 heteroatoms. The molecule has 0 saturated carbocycles. The molecule has 0 fully saturated rings. The van der Waals surface area contributed by atoms with Crippen LogP contribution in [0.15, 0.2) is 24.3 Å². The number of alkyl halides is 6. The lowest BCUT2D eigenvalue weighted by atomic mass is 10.1. The molecule has 2 N–H and O–H groups in total. The molecule has 3 nitrogen and oxygen atoms in total. The lowest BCUT2D eigenvalue weighted by Crippen LogP contribution is -2.41. The highest BCUT2D eigenvalue weighted by molar-refractivity contribution is 5.95. The van der Waals surface area contributed by atoms with Gasteiger partial charge in [-0.25, -0.2) is 0 Å². The number of hydrogen-bond donors (Lipinski definition) is 2. The van der Waals surface area contributed by atoms with Gasteiger partial charge in [0.25, 0.3) is 5.91 Å². The summed E-state index contributed by atoms with van der Waals surface area (Å²) >= 11 is 0. The number of halogens is 6. The number of rotatable bonds is 3. The lowest BCUT2D eigenvalue weighted by molar-refractivity contribution is -0.201. The van der Waals surface area contributed by atoms with Gasteiger partial charge in [-0.1, -0.05) is 12.1 Å². The van der Waals surface area contributed by atoms with Crippen molar-refractivity contribution in [1.29, 1.82) is 0 Å². The minimum atomic E-state index is -4.96. The third kappa shape index (κ3) is 4.12. The Labute approximate surface area is 109 Å². The Morgan fingerprint density at radius 2 is 1.70 bits per heavy atom. The first-order valence-electron chi connectivity index (χ1n) is 5.22. The molecule has 0 aliphatic carbocycles. The summed E-state index contributed by atoms with van der Waals surface area (Å²) < 4.78 is 73.7. The van der Waals surface area contributed by atoms with E-state index >= 15 is 0 Å². The largest absolute Gasteiger partial charge is 0.417 e. The van der Waals surface area contributed by atoms with Gasteiger partial charge in [0, 0.05) is 0 Å². The van der Waals surface area contributed by atoms with Crippen LogP contribution in [0.25, 0.3) is 0 Å². The van der Waals surface area contributed by atoms with E-state index in [2.05, 4.69) is 0 Å². The van der Waals surface area contributed by atoms with Crippen molar-refractivity contribution >= 4 is 5.91 Å². The molecule has 1 aromatic rings. The minimum Gasteiger partial charge on any atom is -0.382 e. The van der Waals surface area contributed by atoms with Crippen LogP contribution in [0.1, 0.15) is 15.9 Å². The van der Waals surface area contributed by atoms with Crippen LogP contribution >= 0.6 is 0 Å². The number of benzene rings is 1. The molecule has 0 bridgehead atoms. The van der Waals surface area contributed by atoms with Crippen LogP contribution in [-0.2, 0) is 6.18 Å². The van der Waals surface area contributed by atoms with Gasteiger partial charge < -0.3 is 10.4 Å². The molecule has 0 saturated heterocycles. The van der Waals surface area contributed by atoms with Crippen molar-refractivity contribution in [2.75, 3.05) is 6.54 Å². The Kier molecular flexibility index (Phi) is 4.64. The highest BCUT2D eigenvalue weighted by Crippen LogP contribution is 2.31. The average Bonchev–Trinajstić information content (AvgIpc) is 2.33. The van der Waals surface area contributed by atoms with Gasteiger partial charge in [0.15, 0.2) is 6.10 Å². The number of carbonyl (C=O) groups is 1. The second kappa shape index (κ2) is 5.70. The molecule has 0 aliphatic rings. The summed E-state index contributed by atoms with van der Waals surface area (Å²) in [4.78, 5) is 11.5. The van der Waals surface area contributed by atoms with Crippen LogP contribution in [0, 0.1) is 0 Å². The van der Waals surface area contributed by atoms with Crippen LogP contribution in [0.2, 0.25) is 0 Å². The third-order valence-corrected chi connectivity index (χ3v) is 2.31. The van der Waals surface area contributed by atoms with E-state index in [1.807, 2.05) is 0 Å². The van der Waals surface area contributed by atoms with Gasteiger partial charge in [0.1, 0.15) is 0 Å². The molecule has 0 radical (unpaired) electrons. The highest BCUT2D eigenvalue weighted by Gasteiger charge is 2.39. The van der Waals surface area contributed by atoms with Gasteiger partial charge >= 0.3 is 12.4 Å². The van der Waals surface area contributed by atoms with Crippen molar-refractivity contribution in [2.45, 2.75) is 18.5 Å². The van der Waals surface area contributed by atoms with Crippen molar-refractivity contribution in [3.8, 4) is 0 Å². The summed E-state index contributed by atoms with van der Waals surface area (Å²) in [6, 6.07) is 3.65. The molecule has 0 heterocycles. The topological polar surface area (TPSA) is 49.3 Å². The van der Waals surface area contributed by atoms with Crippen LogP contribution in [0.3, 0.4) is 0 Å². The Morgan fingerprint density at radius 1 is 1.15 bits per heavy atom. The fourth-order valence-corrected chi connectivity index (χ4v) is 1.33. The second-order valence-corrected chi connectivity index (χ2v) is 3.81. The molecule has 1 rings (SSSR count). The summed E-state index contributed by atoms with van der Waals surface area (Å²) in [6.45, 7) is -1.23. The number of aliphatic hydroxyl groups is 1. The molecule has 1 aromatic carbocycles. The quantitative estimate of drug-likeness (QED) is 0.842. The first-order valence-corrected chi connectivity index (χ1v) is 5.22. The summed E-state index contributed by atoms with van der Waals surface area (Å²) in [7, 11) is 0. The molecule has 0 spiro atoms. The molecule has 20 heavy (non-hydrogen) atoms. The predicted octanol–water partition coefficient (Wildman–Crippen LogP) is 2.36. The number of carbonyl (C=O) groups excluding carboxylic acids is 1. The second-order valence-electron chi connectivity index (χ2n) is 3.81. The number of amides is 1. The van der Waals surface area contributed by atoms with Gasteiger partial charge in [-0.15, -0.1) is 0 Å². The maximum atomic E-state index is 12.6. The fourth-order valence-electron chi connectivity index (χ4n) is 1.33. The van der Waals surface area contributed by atoms with Gasteiger partial charge in [-0.05, 0) is 12.1 Å². The molecular weight excluding hydrogens is 292 g/mol. The van der Waals surface area contributed by atoms with E-state index < -0.39 is 42.0 Å². The SMILES string of the molecule is O=C(NCC(O)C(F)(F)F)c1ccccc1C(F)(F)F. The van der Waals surface area contributed by atoms with Crippen LogP contribution in [-0.4, -0.2) is 29.8 Å². The van der Waals surface area contributed by atoms with Crippen LogP contribution < -0.4 is 5.32 Å². The zero-order valence-electron chi connectivity index (χ0n) is 9.72. The van der Waals surface area contributed by atoms with E-state index in [1.54, 1.807) is 5.32 Å². The zero-order chi connectivity index (χ0) is 15.6. The minimum absolute atomic E-state index is 0.634. The van der Waals surface area contributed by atoms with E-state index in [0.717, 1.165) is 18.2 Å². The van der Waals surface area contributed by atoms with Gasteiger partial charge in [0.2, 0.25) is 0 Å². The average molecular weight is 301 g/mol. The normalized spacial score (nSPS) is 13.9. The Balaban J connectivity index is 2.84. The fraction of sp³-hybridized carbons (Fsp3) is 0.364. The number of aliphatic hydroxyl groups excluding tert-OH is 1. The molecule has 0 aliphatic heterocycles. The van der Waals surface area contributed by atoms with Crippen molar-refractivity contribution in [3.63, 3.8) is 0 Å². The molecule has 1 atom stereocenters. The monoisotopic (exact) mass is 301 g/mol. The van der Waals surface area contributed by atoms with Crippen molar-refractivity contribution < 1.29 is 36.2 Å². The van der Waals surface area contributed by atoms with Gasteiger partial charge in [-0.2, -0.15) is 26.3 Å². The Morgan fingerprint density at radius 3 is 2.20 bits per heavy atom. The van der Waals surface area contributed by atoms with Crippen molar-refractivity contribution in [1.82, 2.24) is 5.32 Å². The zero-order valence-corrected chi connectivity index (χ0v) is 9.72. The lowest BCUT2D eigenvalue weighted by Gasteiger charge is -2.16. The van der Waals surface area contributed by atoms with Crippen LogP contribution in [0.4, 0.5) is 26.3 Å². The predicted molar refractivity (Wildman–Crippen MR) is 55.8 cm³/mol. The van der Waals surface area contributed by atoms with E-state index in [0.29, 0.717) is 6.07 Å². The maximum absolute atomic E-state index is 12.6. The number of nitrogens with one attached hydrogen (secondary N) is 1. The summed E-state index contributed by atoms with van der Waals surface area (Å²) in [6.07, 6.45) is -12.6. The smallest absolute Gasteiger partial charge is 0.382 e. The van der Waals surface area contributed by atoms with Gasteiger partial charge in [0.05, 0.1) is 17.7 Å². The first-order chi connectivity index (χ1) is 9.03. The standard InChI is InChI=1S/C11H9F6NO2/c12-10(13,14)7-4-2-1-3-6(7)9(20)18-5-8(19)11(15,16)17/h1-4,8,19H,5H2,(H,18,20). The summed E-state index contributed by atoms with van der Waals surface area (Å²) in [5.41, 5.74) is -2.08. The van der Waals surface area contributed by atoms with E-state index in [-0.39, 0.29) is 0 Å². The molecule has 112 valence electrons. The summed E-state index contributed by atoms with van der Waals surface area (Å²) in [5, 5.41) is 10.3. The van der Waals surface area contributed by atoms with E-state index in [4.69, 9.17) is 5.11 Å². The summed E-state index contributed by atoms with van der Waals surface area (Å²) in [5.74, 6) is -1.35. The molecule has 1 amide bonds. The molecule has 0 aromatic heterocycles. The molecular formula is C11H9F6NO2. The van der Waals surface area contributed by atoms with Gasteiger partial charge in [-0.3, -0.25) is 4.79 Å². The van der Waals surface area contributed by atoms with Crippen LogP contribution in [0.5, 0.6) is 0 Å². The molecule has 1 unspecified atom stereocenters. The van der Waals surface area contributed by atoms with Crippen molar-refractivity contribution in [3.05, 3.63) is 35.4 Å². The van der Waals surface area contributed by atoms with E-state index in [1.165, 1.54) is 0 Å². The maximum Gasteiger partial charge on any atom is 0.417 e. The Hall–Kier alpha value is -1.77. The third-order valence-electron chi connectivity index (χ3n) is 2.31. The highest BCUT2D eigenvalue weighted by atomic mass is 19.4. The van der Waals surface area contributed by atoms with E-state index in [9.17, 15) is 31.1 Å². The Bertz CT molecular complexity index is 483. The number of hydrogen-bond acceptors (Lipinski definition) is 2.